The number of benzene rings is 1. The van der Waals surface area contributed by atoms with Crippen LogP contribution in [-0.2, 0) is 4.79 Å². The van der Waals surface area contributed by atoms with E-state index in [4.69, 9.17) is 0 Å². The predicted molar refractivity (Wildman–Crippen MR) is 72.0 cm³/mol. The maximum Gasteiger partial charge on any atom is 0.256 e. The summed E-state index contributed by atoms with van der Waals surface area (Å²) >= 11 is 1.63. The van der Waals surface area contributed by atoms with Crippen molar-refractivity contribution in [3.05, 3.63) is 51.7 Å². The van der Waals surface area contributed by atoms with Crippen LogP contribution in [0.2, 0.25) is 0 Å². The van der Waals surface area contributed by atoms with Crippen LogP contribution in [0.25, 0.3) is 11.6 Å². The molecule has 3 heteroatoms. The Morgan fingerprint density at radius 1 is 1.29 bits per heavy atom. The molecule has 1 aliphatic rings. The van der Waals surface area contributed by atoms with Gasteiger partial charge in [0.05, 0.1) is 5.57 Å². The quantitative estimate of drug-likeness (QED) is 0.760. The zero-order valence-electron chi connectivity index (χ0n) is 9.36. The monoisotopic (exact) mass is 241 g/mol. The van der Waals surface area contributed by atoms with Crippen molar-refractivity contribution < 1.29 is 4.79 Å². The third kappa shape index (κ3) is 1.78. The molecule has 2 heterocycles. The number of nitrogens with one attached hydrogen (secondary N) is 1. The Kier molecular flexibility index (Phi) is 2.34. The van der Waals surface area contributed by atoms with E-state index in [9.17, 15) is 4.79 Å². The zero-order chi connectivity index (χ0) is 11.8. The van der Waals surface area contributed by atoms with E-state index in [1.807, 2.05) is 48.7 Å². The number of hydrogen-bond acceptors (Lipinski definition) is 2. The first-order valence-electron chi connectivity index (χ1n) is 5.41. The molecule has 1 aliphatic heterocycles. The minimum absolute atomic E-state index is 0.0148. The fourth-order valence-electron chi connectivity index (χ4n) is 1.96. The molecule has 17 heavy (non-hydrogen) atoms. The van der Waals surface area contributed by atoms with E-state index in [1.165, 1.54) is 0 Å². The Bertz CT molecular complexity index is 611. The molecule has 2 aromatic rings. The maximum absolute atomic E-state index is 11.9. The first kappa shape index (κ1) is 10.3. The van der Waals surface area contributed by atoms with Crippen LogP contribution in [0.5, 0.6) is 0 Å². The molecular weight excluding hydrogens is 230 g/mol. The molecule has 84 valence electrons. The van der Waals surface area contributed by atoms with Crippen molar-refractivity contribution in [2.45, 2.75) is 6.92 Å². The van der Waals surface area contributed by atoms with Crippen LogP contribution >= 0.6 is 11.3 Å². The molecule has 1 aromatic carbocycles. The number of aryl methyl sites for hydroxylation is 1. The van der Waals surface area contributed by atoms with Crippen molar-refractivity contribution in [3.63, 3.8) is 0 Å². The summed E-state index contributed by atoms with van der Waals surface area (Å²) in [5.41, 5.74) is 3.83. The summed E-state index contributed by atoms with van der Waals surface area (Å²) in [4.78, 5) is 13.0. The largest absolute Gasteiger partial charge is 0.321 e. The normalized spacial score (nSPS) is 16.1. The SMILES string of the molecule is Cc1ccc2c(c1)/C(=C/c1cccs1)C(=O)N2. The second-order valence-corrected chi connectivity index (χ2v) is 5.06. The van der Waals surface area contributed by atoms with Crippen LogP contribution in [0.15, 0.2) is 35.7 Å². The standard InChI is InChI=1S/C14H11NOS/c1-9-4-5-13-11(7-9)12(14(16)15-13)8-10-3-2-6-17-10/h2-8H,1H3,(H,15,16)/b12-8-. The number of hydrogen-bond donors (Lipinski definition) is 1. The molecule has 0 atom stereocenters. The van der Waals surface area contributed by atoms with Crippen molar-refractivity contribution >= 4 is 34.6 Å². The number of rotatable bonds is 1. The number of carbonyl (C=O) groups excluding carboxylic acids is 1. The van der Waals surface area contributed by atoms with Gasteiger partial charge in [-0.1, -0.05) is 17.7 Å². The molecule has 1 aromatic heterocycles. The van der Waals surface area contributed by atoms with Gasteiger partial charge in [-0.2, -0.15) is 0 Å². The highest BCUT2D eigenvalue weighted by molar-refractivity contribution is 7.11. The van der Waals surface area contributed by atoms with Gasteiger partial charge < -0.3 is 5.32 Å². The summed E-state index contributed by atoms with van der Waals surface area (Å²) in [5.74, 6) is -0.0148. The molecule has 2 nitrogen and oxygen atoms in total. The fraction of sp³-hybridized carbons (Fsp3) is 0.0714. The highest BCUT2D eigenvalue weighted by Crippen LogP contribution is 2.34. The molecule has 0 bridgehead atoms. The average molecular weight is 241 g/mol. The van der Waals surface area contributed by atoms with E-state index < -0.39 is 0 Å². The van der Waals surface area contributed by atoms with E-state index in [2.05, 4.69) is 5.32 Å². The van der Waals surface area contributed by atoms with Gasteiger partial charge in [0.25, 0.3) is 5.91 Å². The lowest BCUT2D eigenvalue weighted by atomic mass is 10.0. The predicted octanol–water partition coefficient (Wildman–Crippen LogP) is 3.55. The molecular formula is C14H11NOS. The van der Waals surface area contributed by atoms with Gasteiger partial charge in [-0.25, -0.2) is 0 Å². The molecule has 3 rings (SSSR count). The first-order chi connectivity index (χ1) is 8.24. The summed E-state index contributed by atoms with van der Waals surface area (Å²) in [6, 6.07) is 10.0. The fourth-order valence-corrected chi connectivity index (χ4v) is 2.62. The minimum Gasteiger partial charge on any atom is -0.321 e. The van der Waals surface area contributed by atoms with E-state index in [-0.39, 0.29) is 5.91 Å². The lowest BCUT2D eigenvalue weighted by molar-refractivity contribution is -0.110. The Balaban J connectivity index is 2.13. The molecule has 1 amide bonds. The first-order valence-corrected chi connectivity index (χ1v) is 6.29. The molecule has 0 aliphatic carbocycles. The number of amides is 1. The van der Waals surface area contributed by atoms with Gasteiger partial charge >= 0.3 is 0 Å². The second kappa shape index (κ2) is 3.86. The highest BCUT2D eigenvalue weighted by Gasteiger charge is 2.23. The molecule has 0 fully saturated rings. The third-order valence-corrected chi connectivity index (χ3v) is 3.61. The van der Waals surface area contributed by atoms with Crippen LogP contribution < -0.4 is 5.32 Å². The highest BCUT2D eigenvalue weighted by atomic mass is 32.1. The van der Waals surface area contributed by atoms with E-state index >= 15 is 0 Å². The van der Waals surface area contributed by atoms with Gasteiger partial charge in [-0.15, -0.1) is 11.3 Å². The molecule has 0 unspecified atom stereocenters. The van der Waals surface area contributed by atoms with Crippen molar-refractivity contribution in [3.8, 4) is 0 Å². The third-order valence-electron chi connectivity index (χ3n) is 2.79. The number of thiophene rings is 1. The number of carbonyl (C=O) groups is 1. The van der Waals surface area contributed by atoms with Gasteiger partial charge in [0.1, 0.15) is 0 Å². The van der Waals surface area contributed by atoms with Crippen molar-refractivity contribution in [1.29, 1.82) is 0 Å². The van der Waals surface area contributed by atoms with Gasteiger partial charge in [-0.05, 0) is 36.6 Å². The van der Waals surface area contributed by atoms with Gasteiger partial charge in [0, 0.05) is 16.1 Å². The van der Waals surface area contributed by atoms with Gasteiger partial charge in [0.15, 0.2) is 0 Å². The van der Waals surface area contributed by atoms with Crippen molar-refractivity contribution in [2.75, 3.05) is 5.32 Å². The Morgan fingerprint density at radius 3 is 2.94 bits per heavy atom. The Morgan fingerprint density at radius 2 is 2.18 bits per heavy atom. The summed E-state index contributed by atoms with van der Waals surface area (Å²) in [5, 5.41) is 4.89. The topological polar surface area (TPSA) is 29.1 Å². The summed E-state index contributed by atoms with van der Waals surface area (Å²) in [7, 11) is 0. The number of fused-ring (bicyclic) bond motifs is 1. The molecule has 1 N–H and O–H groups in total. The summed E-state index contributed by atoms with van der Waals surface area (Å²) in [6.45, 7) is 2.03. The number of anilines is 1. The summed E-state index contributed by atoms with van der Waals surface area (Å²) < 4.78 is 0. The van der Waals surface area contributed by atoms with Crippen LogP contribution in [0.3, 0.4) is 0 Å². The zero-order valence-corrected chi connectivity index (χ0v) is 10.2. The minimum atomic E-state index is -0.0148. The van der Waals surface area contributed by atoms with Crippen LogP contribution in [0.4, 0.5) is 5.69 Å². The second-order valence-electron chi connectivity index (χ2n) is 4.08. The Hall–Kier alpha value is -1.87. The molecule has 0 saturated carbocycles. The smallest absolute Gasteiger partial charge is 0.256 e. The molecule has 0 saturated heterocycles. The van der Waals surface area contributed by atoms with Crippen LogP contribution in [-0.4, -0.2) is 5.91 Å². The summed E-state index contributed by atoms with van der Waals surface area (Å²) in [6.07, 6.45) is 1.95. The van der Waals surface area contributed by atoms with Gasteiger partial charge in [-0.3, -0.25) is 4.79 Å². The maximum atomic E-state index is 11.9. The molecule has 0 radical (unpaired) electrons. The lowest BCUT2D eigenvalue weighted by Crippen LogP contribution is -2.03. The van der Waals surface area contributed by atoms with Crippen molar-refractivity contribution in [1.82, 2.24) is 0 Å². The lowest BCUT2D eigenvalue weighted by Gasteiger charge is -1.99. The Labute approximate surface area is 104 Å². The molecule has 0 spiro atoms. The van der Waals surface area contributed by atoms with Gasteiger partial charge in [0.2, 0.25) is 0 Å². The van der Waals surface area contributed by atoms with E-state index in [1.54, 1.807) is 11.3 Å². The van der Waals surface area contributed by atoms with Crippen LogP contribution in [0, 0.1) is 6.92 Å². The van der Waals surface area contributed by atoms with E-state index in [0.717, 1.165) is 27.3 Å². The van der Waals surface area contributed by atoms with Crippen LogP contribution in [0.1, 0.15) is 16.0 Å². The average Bonchev–Trinajstić information content (AvgIpc) is 2.90. The van der Waals surface area contributed by atoms with E-state index in [0.29, 0.717) is 0 Å². The van der Waals surface area contributed by atoms with Crippen molar-refractivity contribution in [2.24, 2.45) is 0 Å².